The first-order chi connectivity index (χ1) is 13.5. The highest BCUT2D eigenvalue weighted by Gasteiger charge is 2.23. The maximum atomic E-state index is 13.0. The van der Waals surface area contributed by atoms with Crippen LogP contribution in [0.4, 0.5) is 4.39 Å². The average Bonchev–Trinajstić information content (AvgIpc) is 2.69. The van der Waals surface area contributed by atoms with Gasteiger partial charge in [0.25, 0.3) is 5.91 Å². The molecule has 1 saturated carbocycles. The van der Waals surface area contributed by atoms with E-state index in [1.807, 2.05) is 12.1 Å². The third kappa shape index (κ3) is 6.06. The van der Waals surface area contributed by atoms with Crippen molar-refractivity contribution in [3.63, 3.8) is 0 Å². The van der Waals surface area contributed by atoms with E-state index in [1.54, 1.807) is 24.3 Å². The second kappa shape index (κ2) is 9.69. The van der Waals surface area contributed by atoms with Crippen LogP contribution in [0.15, 0.2) is 48.5 Å². The molecule has 0 radical (unpaired) electrons. The third-order valence-electron chi connectivity index (χ3n) is 5.22. The Hall–Kier alpha value is -2.40. The van der Waals surface area contributed by atoms with Gasteiger partial charge in [0.05, 0.1) is 0 Å². The number of hydrogen-bond acceptors (Lipinski definition) is 3. The zero-order chi connectivity index (χ0) is 19.9. The lowest BCUT2D eigenvalue weighted by atomic mass is 9.85. The molecular formula is C23H29FN2O2. The summed E-state index contributed by atoms with van der Waals surface area (Å²) >= 11 is 0. The molecule has 2 aromatic carbocycles. The normalized spacial score (nSPS) is 19.4. The lowest BCUT2D eigenvalue weighted by Crippen LogP contribution is -2.39. The zero-order valence-electron chi connectivity index (χ0n) is 16.7. The first kappa shape index (κ1) is 20.3. The summed E-state index contributed by atoms with van der Waals surface area (Å²) in [5, 5.41) is 3.17. The molecule has 28 heavy (non-hydrogen) atoms. The van der Waals surface area contributed by atoms with Crippen LogP contribution in [0.25, 0.3) is 0 Å². The second-order valence-electron chi connectivity index (χ2n) is 7.90. The Balaban J connectivity index is 1.50. The van der Waals surface area contributed by atoms with E-state index in [9.17, 15) is 9.18 Å². The molecule has 1 amide bonds. The van der Waals surface area contributed by atoms with E-state index in [0.717, 1.165) is 43.7 Å². The van der Waals surface area contributed by atoms with E-state index in [4.69, 9.17) is 4.74 Å². The second-order valence-corrected chi connectivity index (χ2v) is 7.90. The fourth-order valence-electron chi connectivity index (χ4n) is 3.75. The predicted octanol–water partition coefficient (Wildman–Crippen LogP) is 4.25. The Morgan fingerprint density at radius 3 is 2.50 bits per heavy atom. The van der Waals surface area contributed by atoms with Crippen molar-refractivity contribution in [1.82, 2.24) is 10.2 Å². The van der Waals surface area contributed by atoms with Crippen molar-refractivity contribution >= 4 is 5.91 Å². The zero-order valence-corrected chi connectivity index (χ0v) is 16.7. The molecular weight excluding hydrogens is 355 g/mol. The van der Waals surface area contributed by atoms with E-state index < -0.39 is 0 Å². The molecule has 5 heteroatoms. The van der Waals surface area contributed by atoms with Crippen molar-refractivity contribution in [3.05, 3.63) is 65.5 Å². The quantitative estimate of drug-likeness (QED) is 0.776. The number of amides is 1. The van der Waals surface area contributed by atoms with Crippen LogP contribution >= 0.6 is 0 Å². The van der Waals surface area contributed by atoms with E-state index in [1.165, 1.54) is 12.1 Å². The number of halogens is 1. The highest BCUT2D eigenvalue weighted by atomic mass is 19.1. The number of nitrogens with zero attached hydrogens (tertiary/aromatic N) is 1. The number of carbonyl (C=O) groups is 1. The van der Waals surface area contributed by atoms with Gasteiger partial charge in [0.1, 0.15) is 18.2 Å². The Labute approximate surface area is 166 Å². The van der Waals surface area contributed by atoms with Gasteiger partial charge in [-0.1, -0.05) is 18.2 Å². The number of ether oxygens (including phenoxy) is 1. The lowest BCUT2D eigenvalue weighted by Gasteiger charge is -2.30. The van der Waals surface area contributed by atoms with Crippen LogP contribution in [-0.2, 0) is 6.61 Å². The van der Waals surface area contributed by atoms with Gasteiger partial charge in [0, 0.05) is 18.2 Å². The summed E-state index contributed by atoms with van der Waals surface area (Å²) in [4.78, 5) is 14.9. The van der Waals surface area contributed by atoms with Gasteiger partial charge in [-0.2, -0.15) is 0 Å². The van der Waals surface area contributed by atoms with Crippen molar-refractivity contribution in [3.8, 4) is 5.75 Å². The van der Waals surface area contributed by atoms with Gasteiger partial charge in [-0.15, -0.1) is 0 Å². The molecule has 1 fully saturated rings. The molecule has 0 heterocycles. The first-order valence-electron chi connectivity index (χ1n) is 9.92. The largest absolute Gasteiger partial charge is 0.489 e. The SMILES string of the molecule is CN(C)CC1CCC(NC(=O)c2cccc(OCc3ccc(F)cc3)c2)CC1. The van der Waals surface area contributed by atoms with Crippen LogP contribution in [0.2, 0.25) is 0 Å². The first-order valence-corrected chi connectivity index (χ1v) is 9.92. The fraction of sp³-hybridized carbons (Fsp3) is 0.435. The molecule has 150 valence electrons. The topological polar surface area (TPSA) is 41.6 Å². The van der Waals surface area contributed by atoms with Crippen molar-refractivity contribution in [2.24, 2.45) is 5.92 Å². The Morgan fingerprint density at radius 1 is 1.11 bits per heavy atom. The number of carbonyl (C=O) groups excluding carboxylic acids is 1. The minimum Gasteiger partial charge on any atom is -0.489 e. The molecule has 0 saturated heterocycles. The van der Waals surface area contributed by atoms with Crippen LogP contribution in [0, 0.1) is 11.7 Å². The van der Waals surface area contributed by atoms with E-state index >= 15 is 0 Å². The molecule has 2 aromatic rings. The molecule has 4 nitrogen and oxygen atoms in total. The van der Waals surface area contributed by atoms with Gasteiger partial charge in [0.2, 0.25) is 0 Å². The summed E-state index contributed by atoms with van der Waals surface area (Å²) in [6.45, 7) is 1.45. The predicted molar refractivity (Wildman–Crippen MR) is 109 cm³/mol. The number of benzene rings is 2. The average molecular weight is 384 g/mol. The standard InChI is InChI=1S/C23H29FN2O2/c1-26(2)15-17-8-12-21(13-9-17)25-23(27)19-4-3-5-22(14-19)28-16-18-6-10-20(24)11-7-18/h3-7,10-11,14,17,21H,8-9,12-13,15-16H2,1-2H3,(H,25,27). The summed E-state index contributed by atoms with van der Waals surface area (Å²) in [6.07, 6.45) is 4.38. The number of hydrogen-bond donors (Lipinski definition) is 1. The van der Waals surface area contributed by atoms with Crippen molar-refractivity contribution in [2.75, 3.05) is 20.6 Å². The van der Waals surface area contributed by atoms with E-state index in [2.05, 4.69) is 24.3 Å². The Morgan fingerprint density at radius 2 is 1.82 bits per heavy atom. The van der Waals surface area contributed by atoms with Crippen LogP contribution in [-0.4, -0.2) is 37.5 Å². The molecule has 1 N–H and O–H groups in total. The highest BCUT2D eigenvalue weighted by Crippen LogP contribution is 2.25. The summed E-state index contributed by atoms with van der Waals surface area (Å²) in [5.41, 5.74) is 1.48. The maximum Gasteiger partial charge on any atom is 0.251 e. The number of rotatable bonds is 7. The monoisotopic (exact) mass is 384 g/mol. The number of nitrogens with one attached hydrogen (secondary N) is 1. The third-order valence-corrected chi connectivity index (χ3v) is 5.22. The maximum absolute atomic E-state index is 13.0. The van der Waals surface area contributed by atoms with Crippen molar-refractivity contribution in [2.45, 2.75) is 38.3 Å². The van der Waals surface area contributed by atoms with E-state index in [-0.39, 0.29) is 17.8 Å². The van der Waals surface area contributed by atoms with Gasteiger partial charge in [-0.05, 0) is 81.6 Å². The summed E-state index contributed by atoms with van der Waals surface area (Å²) in [5.74, 6) is 1.04. The Bertz CT molecular complexity index is 768. The van der Waals surface area contributed by atoms with Crippen molar-refractivity contribution in [1.29, 1.82) is 0 Å². The lowest BCUT2D eigenvalue weighted by molar-refractivity contribution is 0.0918. The molecule has 3 rings (SSSR count). The van der Waals surface area contributed by atoms with Gasteiger partial charge in [-0.3, -0.25) is 4.79 Å². The van der Waals surface area contributed by atoms with Crippen LogP contribution in [0.1, 0.15) is 41.6 Å². The summed E-state index contributed by atoms with van der Waals surface area (Å²) < 4.78 is 18.7. The molecule has 0 atom stereocenters. The van der Waals surface area contributed by atoms with Gasteiger partial charge in [0.15, 0.2) is 0 Å². The smallest absolute Gasteiger partial charge is 0.251 e. The van der Waals surface area contributed by atoms with E-state index in [0.29, 0.717) is 17.9 Å². The van der Waals surface area contributed by atoms with Gasteiger partial charge in [-0.25, -0.2) is 4.39 Å². The minimum absolute atomic E-state index is 0.0525. The van der Waals surface area contributed by atoms with Crippen molar-refractivity contribution < 1.29 is 13.9 Å². The molecule has 1 aliphatic rings. The fourth-order valence-corrected chi connectivity index (χ4v) is 3.75. The molecule has 1 aliphatic carbocycles. The summed E-state index contributed by atoms with van der Waals surface area (Å²) in [7, 11) is 4.22. The molecule has 0 unspecified atom stereocenters. The highest BCUT2D eigenvalue weighted by molar-refractivity contribution is 5.94. The molecule has 0 spiro atoms. The minimum atomic E-state index is -0.266. The Kier molecular flexibility index (Phi) is 7.04. The van der Waals surface area contributed by atoms with Crippen LogP contribution in [0.3, 0.4) is 0 Å². The molecule has 0 aliphatic heterocycles. The van der Waals surface area contributed by atoms with Gasteiger partial charge < -0.3 is 15.0 Å². The molecule has 0 bridgehead atoms. The van der Waals surface area contributed by atoms with Gasteiger partial charge >= 0.3 is 0 Å². The molecule has 0 aromatic heterocycles. The summed E-state index contributed by atoms with van der Waals surface area (Å²) in [6, 6.07) is 13.7. The van der Waals surface area contributed by atoms with Crippen LogP contribution in [0.5, 0.6) is 5.75 Å². The van der Waals surface area contributed by atoms with Crippen LogP contribution < -0.4 is 10.1 Å².